The zero-order valence-corrected chi connectivity index (χ0v) is 11.7. The number of carbonyl (C=O) groups is 1. The number of hydrogen-bond acceptors (Lipinski definition) is 3. The minimum absolute atomic E-state index is 0.0950. The lowest BCUT2D eigenvalue weighted by Crippen LogP contribution is -2.26. The molecule has 0 aromatic carbocycles. The van der Waals surface area contributed by atoms with Gasteiger partial charge in [-0.15, -0.1) is 0 Å². The molecule has 0 fully saturated rings. The molecule has 102 valence electrons. The van der Waals surface area contributed by atoms with Gasteiger partial charge in [0, 0.05) is 19.3 Å². The molecule has 0 aliphatic heterocycles. The van der Waals surface area contributed by atoms with E-state index in [0.29, 0.717) is 18.8 Å². The third-order valence-corrected chi connectivity index (χ3v) is 2.85. The fourth-order valence-electron chi connectivity index (χ4n) is 2.00. The van der Waals surface area contributed by atoms with Crippen molar-refractivity contribution >= 4 is 11.6 Å². The zero-order chi connectivity index (χ0) is 13.8. The summed E-state index contributed by atoms with van der Waals surface area (Å²) in [5.41, 5.74) is 2.25. The van der Waals surface area contributed by atoms with E-state index in [0.717, 1.165) is 17.8 Å². The predicted octanol–water partition coefficient (Wildman–Crippen LogP) is 1.54. The Balaban J connectivity index is 2.43. The van der Waals surface area contributed by atoms with Crippen LogP contribution in [0.4, 0.5) is 0 Å². The summed E-state index contributed by atoms with van der Waals surface area (Å²) in [4.78, 5) is 18.6. The van der Waals surface area contributed by atoms with Gasteiger partial charge in [-0.2, -0.15) is 0 Å². The molecule has 2 rings (SSSR count). The molecule has 2 heterocycles. The molecular weight excluding hydrogens is 240 g/mol. The second-order valence-corrected chi connectivity index (χ2v) is 4.83. The van der Waals surface area contributed by atoms with E-state index in [1.54, 1.807) is 0 Å². The van der Waals surface area contributed by atoms with Crippen LogP contribution in [0.1, 0.15) is 29.5 Å². The lowest BCUT2D eigenvalue weighted by atomic mass is 10.3. The molecule has 0 unspecified atom stereocenters. The molecule has 2 aromatic heterocycles. The summed E-state index contributed by atoms with van der Waals surface area (Å²) >= 11 is 0. The lowest BCUT2D eigenvalue weighted by Gasteiger charge is -2.11. The summed E-state index contributed by atoms with van der Waals surface area (Å²) < 4.78 is 1.97. The molecule has 1 N–H and O–H groups in total. The van der Waals surface area contributed by atoms with Crippen molar-refractivity contribution in [3.8, 4) is 0 Å². The van der Waals surface area contributed by atoms with E-state index < -0.39 is 0 Å². The highest BCUT2D eigenvalue weighted by Crippen LogP contribution is 2.14. The molecule has 5 heteroatoms. The van der Waals surface area contributed by atoms with Crippen molar-refractivity contribution in [3.63, 3.8) is 0 Å². The number of hydrogen-bond donors (Lipinski definition) is 1. The first-order chi connectivity index (χ1) is 9.13. The zero-order valence-electron chi connectivity index (χ0n) is 11.7. The molecule has 0 atom stereocenters. The Kier molecular flexibility index (Phi) is 4.16. The molecule has 5 nitrogen and oxygen atoms in total. The van der Waals surface area contributed by atoms with Crippen LogP contribution < -0.4 is 5.32 Å². The van der Waals surface area contributed by atoms with E-state index in [2.05, 4.69) is 10.3 Å². The van der Waals surface area contributed by atoms with Crippen LogP contribution in [0.3, 0.4) is 0 Å². The number of nitrogens with zero attached hydrogens (tertiary/aromatic N) is 3. The average Bonchev–Trinajstić information content (AvgIpc) is 2.74. The van der Waals surface area contributed by atoms with Gasteiger partial charge < -0.3 is 14.6 Å². The number of aromatic nitrogens is 2. The third-order valence-electron chi connectivity index (χ3n) is 2.85. The summed E-state index contributed by atoms with van der Waals surface area (Å²) in [6, 6.07) is 5.78. The Morgan fingerprint density at radius 1 is 1.42 bits per heavy atom. The molecule has 0 spiro atoms. The third kappa shape index (κ3) is 2.93. The summed E-state index contributed by atoms with van der Waals surface area (Å²) in [7, 11) is 3.96. The molecular formula is C14H20N4O. The lowest BCUT2D eigenvalue weighted by molar-refractivity contribution is 0.0947. The van der Waals surface area contributed by atoms with Gasteiger partial charge >= 0.3 is 0 Å². The van der Waals surface area contributed by atoms with Crippen molar-refractivity contribution in [2.45, 2.75) is 19.9 Å². The van der Waals surface area contributed by atoms with Crippen molar-refractivity contribution in [1.29, 1.82) is 0 Å². The summed E-state index contributed by atoms with van der Waals surface area (Å²) in [6.45, 7) is 3.39. The van der Waals surface area contributed by atoms with Gasteiger partial charge in [-0.1, -0.05) is 13.0 Å². The summed E-state index contributed by atoms with van der Waals surface area (Å²) in [5.74, 6) is -0.0950. The van der Waals surface area contributed by atoms with Crippen LogP contribution in [0.15, 0.2) is 24.4 Å². The molecule has 0 aliphatic rings. The largest absolute Gasteiger partial charge is 0.351 e. The normalized spacial score (nSPS) is 11.2. The van der Waals surface area contributed by atoms with Crippen molar-refractivity contribution in [1.82, 2.24) is 19.6 Å². The maximum Gasteiger partial charge on any atom is 0.271 e. The van der Waals surface area contributed by atoms with Gasteiger partial charge in [0.1, 0.15) is 5.65 Å². The standard InChI is InChI=1S/C14H20N4O/c1-4-8-15-14(19)13-11(10-17(2)3)18-9-6-5-7-12(18)16-13/h5-7,9H,4,8,10H2,1-3H3,(H,15,19). The van der Waals surface area contributed by atoms with Crippen LogP contribution >= 0.6 is 0 Å². The van der Waals surface area contributed by atoms with E-state index in [9.17, 15) is 4.79 Å². The molecule has 0 saturated carbocycles. The summed E-state index contributed by atoms with van der Waals surface area (Å²) in [6.07, 6.45) is 2.86. The predicted molar refractivity (Wildman–Crippen MR) is 75.2 cm³/mol. The van der Waals surface area contributed by atoms with Crippen molar-refractivity contribution < 1.29 is 4.79 Å². The average molecular weight is 260 g/mol. The highest BCUT2D eigenvalue weighted by atomic mass is 16.1. The Bertz CT molecular complexity index is 574. The van der Waals surface area contributed by atoms with E-state index in [1.807, 2.05) is 54.7 Å². The highest BCUT2D eigenvalue weighted by Gasteiger charge is 2.18. The van der Waals surface area contributed by atoms with Gasteiger partial charge in [-0.05, 0) is 32.6 Å². The van der Waals surface area contributed by atoms with Gasteiger partial charge in [0.2, 0.25) is 0 Å². The number of carbonyl (C=O) groups excluding carboxylic acids is 1. The van der Waals surface area contributed by atoms with Gasteiger partial charge in [0.05, 0.1) is 5.69 Å². The van der Waals surface area contributed by atoms with Gasteiger partial charge in [0.25, 0.3) is 5.91 Å². The van der Waals surface area contributed by atoms with Crippen LogP contribution in [0.25, 0.3) is 5.65 Å². The second-order valence-electron chi connectivity index (χ2n) is 4.83. The molecule has 0 saturated heterocycles. The maximum absolute atomic E-state index is 12.2. The van der Waals surface area contributed by atoms with Crippen LogP contribution in [-0.2, 0) is 6.54 Å². The molecule has 0 bridgehead atoms. The Labute approximate surface area is 113 Å². The van der Waals surface area contributed by atoms with Crippen molar-refractivity contribution in [2.24, 2.45) is 0 Å². The number of nitrogens with one attached hydrogen (secondary N) is 1. The van der Waals surface area contributed by atoms with Crippen LogP contribution in [-0.4, -0.2) is 40.8 Å². The van der Waals surface area contributed by atoms with E-state index in [-0.39, 0.29) is 5.91 Å². The Morgan fingerprint density at radius 3 is 2.89 bits per heavy atom. The first kappa shape index (κ1) is 13.5. The Hall–Kier alpha value is -1.88. The van der Waals surface area contributed by atoms with Crippen LogP contribution in [0.2, 0.25) is 0 Å². The minimum atomic E-state index is -0.0950. The fraction of sp³-hybridized carbons (Fsp3) is 0.429. The van der Waals surface area contributed by atoms with E-state index in [4.69, 9.17) is 0 Å². The van der Waals surface area contributed by atoms with Crippen molar-refractivity contribution in [2.75, 3.05) is 20.6 Å². The van der Waals surface area contributed by atoms with E-state index >= 15 is 0 Å². The quantitative estimate of drug-likeness (QED) is 0.887. The molecule has 0 radical (unpaired) electrons. The summed E-state index contributed by atoms with van der Waals surface area (Å²) in [5, 5.41) is 2.89. The SMILES string of the molecule is CCCNC(=O)c1nc2ccccn2c1CN(C)C. The van der Waals surface area contributed by atoms with Gasteiger partial charge in [-0.3, -0.25) is 4.79 Å². The molecule has 19 heavy (non-hydrogen) atoms. The molecule has 1 amide bonds. The number of pyridine rings is 1. The number of imidazole rings is 1. The topological polar surface area (TPSA) is 49.6 Å². The maximum atomic E-state index is 12.2. The second kappa shape index (κ2) is 5.84. The van der Waals surface area contributed by atoms with Crippen LogP contribution in [0.5, 0.6) is 0 Å². The van der Waals surface area contributed by atoms with Gasteiger partial charge in [-0.25, -0.2) is 4.98 Å². The Morgan fingerprint density at radius 2 is 2.21 bits per heavy atom. The number of rotatable bonds is 5. The van der Waals surface area contributed by atoms with Gasteiger partial charge in [0.15, 0.2) is 5.69 Å². The smallest absolute Gasteiger partial charge is 0.271 e. The fourth-order valence-corrected chi connectivity index (χ4v) is 2.00. The first-order valence-corrected chi connectivity index (χ1v) is 6.52. The van der Waals surface area contributed by atoms with Crippen LogP contribution in [0, 0.1) is 0 Å². The number of amides is 1. The van der Waals surface area contributed by atoms with Crippen molar-refractivity contribution in [3.05, 3.63) is 35.8 Å². The molecule has 0 aliphatic carbocycles. The first-order valence-electron chi connectivity index (χ1n) is 6.52. The molecule has 2 aromatic rings. The monoisotopic (exact) mass is 260 g/mol. The number of fused-ring (bicyclic) bond motifs is 1. The minimum Gasteiger partial charge on any atom is -0.351 e. The van der Waals surface area contributed by atoms with E-state index in [1.165, 1.54) is 0 Å². The highest BCUT2D eigenvalue weighted by molar-refractivity contribution is 5.94.